The lowest BCUT2D eigenvalue weighted by atomic mass is 10.1. The summed E-state index contributed by atoms with van der Waals surface area (Å²) in [4.78, 5) is 19.4. The molecular formula is C25H30F3N9O2S. The summed E-state index contributed by atoms with van der Waals surface area (Å²) < 4.78 is 42.0. The molecule has 0 spiro atoms. The fourth-order valence-electron chi connectivity index (χ4n) is 4.96. The van der Waals surface area contributed by atoms with Gasteiger partial charge < -0.3 is 25.2 Å². The van der Waals surface area contributed by atoms with Gasteiger partial charge in [-0.2, -0.15) is 5.10 Å². The Morgan fingerprint density at radius 2 is 1.95 bits per heavy atom. The number of halogens is 3. The Morgan fingerprint density at radius 3 is 2.75 bits per heavy atom. The van der Waals surface area contributed by atoms with Crippen molar-refractivity contribution in [2.24, 2.45) is 0 Å². The minimum absolute atomic E-state index is 0.123. The average Bonchev–Trinajstić information content (AvgIpc) is 3.55. The second-order valence-corrected chi connectivity index (χ2v) is 10.9. The van der Waals surface area contributed by atoms with Gasteiger partial charge in [-0.05, 0) is 43.3 Å². The molecule has 1 unspecified atom stereocenters. The molecule has 5 rings (SSSR count). The van der Waals surface area contributed by atoms with Crippen molar-refractivity contribution in [3.63, 3.8) is 0 Å². The van der Waals surface area contributed by atoms with Crippen molar-refractivity contribution in [2.45, 2.75) is 37.8 Å². The van der Waals surface area contributed by atoms with Gasteiger partial charge in [0.05, 0.1) is 0 Å². The van der Waals surface area contributed by atoms with E-state index in [1.165, 1.54) is 29.5 Å². The summed E-state index contributed by atoms with van der Waals surface area (Å²) in [6.45, 7) is 4.14. The molecule has 0 bridgehead atoms. The summed E-state index contributed by atoms with van der Waals surface area (Å²) in [7, 11) is 1.98. The molecule has 0 saturated carbocycles. The highest BCUT2D eigenvalue weighted by atomic mass is 32.1. The van der Waals surface area contributed by atoms with Crippen molar-refractivity contribution in [3.8, 4) is 5.75 Å². The summed E-state index contributed by atoms with van der Waals surface area (Å²) in [6.07, 6.45) is -1.98. The smallest absolute Gasteiger partial charge is 0.406 e. The summed E-state index contributed by atoms with van der Waals surface area (Å²) in [5.74, 6) is 0.381. The van der Waals surface area contributed by atoms with E-state index in [0.717, 1.165) is 31.9 Å². The van der Waals surface area contributed by atoms with Crippen molar-refractivity contribution >= 4 is 33.3 Å². The van der Waals surface area contributed by atoms with Gasteiger partial charge in [0.25, 0.3) is 0 Å². The Labute approximate surface area is 233 Å². The Hall–Kier alpha value is -3.56. The summed E-state index contributed by atoms with van der Waals surface area (Å²) >= 11 is 1.28. The molecular weight excluding hydrogens is 547 g/mol. The molecule has 1 aromatic carbocycles. The number of amides is 1. The van der Waals surface area contributed by atoms with Gasteiger partial charge in [0.15, 0.2) is 5.82 Å². The van der Waals surface area contributed by atoms with Crippen LogP contribution in [0.1, 0.15) is 18.4 Å². The molecule has 15 heteroatoms. The molecule has 2 saturated heterocycles. The monoisotopic (exact) mass is 577 g/mol. The van der Waals surface area contributed by atoms with Gasteiger partial charge >= 0.3 is 6.36 Å². The zero-order valence-electron chi connectivity index (χ0n) is 21.8. The zero-order chi connectivity index (χ0) is 28.1. The van der Waals surface area contributed by atoms with Gasteiger partial charge in [0.1, 0.15) is 5.75 Å². The number of aromatic nitrogens is 4. The number of ether oxygens (including phenoxy) is 1. The largest absolute Gasteiger partial charge is 0.573 e. The van der Waals surface area contributed by atoms with Gasteiger partial charge in [-0.15, -0.1) is 28.5 Å². The number of nitrogens with zero attached hydrogens (tertiary/aromatic N) is 7. The second-order valence-electron chi connectivity index (χ2n) is 9.90. The Kier molecular flexibility index (Phi) is 8.61. The molecule has 1 amide bonds. The molecule has 0 aliphatic carbocycles. The van der Waals surface area contributed by atoms with Gasteiger partial charge in [-0.1, -0.05) is 23.5 Å². The number of carbonyl (C=O) groups is 1. The van der Waals surface area contributed by atoms with Crippen LogP contribution < -0.4 is 20.3 Å². The van der Waals surface area contributed by atoms with Gasteiger partial charge in [0.2, 0.25) is 16.2 Å². The lowest BCUT2D eigenvalue weighted by molar-refractivity contribution is -0.274. The van der Waals surface area contributed by atoms with Crippen LogP contribution in [0.4, 0.5) is 29.3 Å². The maximum Gasteiger partial charge on any atom is 0.573 e. The highest BCUT2D eigenvalue weighted by Crippen LogP contribution is 2.27. The average molecular weight is 578 g/mol. The number of carbonyl (C=O) groups excluding carboxylic acids is 1. The first-order valence-electron chi connectivity index (χ1n) is 12.9. The molecule has 4 heterocycles. The van der Waals surface area contributed by atoms with Crippen molar-refractivity contribution in [3.05, 3.63) is 48.2 Å². The van der Waals surface area contributed by atoms with Crippen molar-refractivity contribution in [2.75, 3.05) is 55.3 Å². The maximum absolute atomic E-state index is 12.9. The summed E-state index contributed by atoms with van der Waals surface area (Å²) in [5.41, 5.74) is 0.682. The van der Waals surface area contributed by atoms with Gasteiger partial charge in [-0.3, -0.25) is 9.69 Å². The zero-order valence-corrected chi connectivity index (χ0v) is 22.7. The molecule has 2 aromatic heterocycles. The predicted molar refractivity (Wildman–Crippen MR) is 144 cm³/mol. The van der Waals surface area contributed by atoms with Crippen LogP contribution in [0.15, 0.2) is 42.6 Å². The van der Waals surface area contributed by atoms with E-state index in [1.807, 2.05) is 19.2 Å². The number of hydrogen-bond acceptors (Lipinski definition) is 11. The van der Waals surface area contributed by atoms with E-state index in [-0.39, 0.29) is 30.2 Å². The molecule has 214 valence electrons. The van der Waals surface area contributed by atoms with E-state index in [4.69, 9.17) is 0 Å². The van der Waals surface area contributed by atoms with E-state index in [9.17, 15) is 18.0 Å². The Bertz CT molecular complexity index is 1280. The third-order valence-electron chi connectivity index (χ3n) is 6.82. The first-order chi connectivity index (χ1) is 19.2. The number of hydrogen-bond donors (Lipinski definition) is 2. The van der Waals surface area contributed by atoms with E-state index in [1.54, 1.807) is 12.3 Å². The summed E-state index contributed by atoms with van der Waals surface area (Å²) in [6, 6.07) is 9.79. The Morgan fingerprint density at radius 1 is 1.10 bits per heavy atom. The molecule has 40 heavy (non-hydrogen) atoms. The third-order valence-corrected chi connectivity index (χ3v) is 7.59. The van der Waals surface area contributed by atoms with Crippen molar-refractivity contribution in [1.29, 1.82) is 0 Å². The van der Waals surface area contributed by atoms with Crippen LogP contribution >= 0.6 is 11.3 Å². The first-order valence-corrected chi connectivity index (χ1v) is 13.7. The van der Waals surface area contributed by atoms with Crippen LogP contribution in [0, 0.1) is 0 Å². The van der Waals surface area contributed by atoms with Gasteiger partial charge in [-0.25, -0.2) is 0 Å². The molecule has 0 radical (unpaired) electrons. The first kappa shape index (κ1) is 28.0. The molecule has 2 fully saturated rings. The van der Waals surface area contributed by atoms with Crippen LogP contribution in [0.3, 0.4) is 0 Å². The fraction of sp³-hybridized carbons (Fsp3) is 0.480. The molecule has 2 N–H and O–H groups in total. The number of nitrogens with one attached hydrogen (secondary N) is 2. The highest BCUT2D eigenvalue weighted by Gasteiger charge is 2.32. The fourth-order valence-corrected chi connectivity index (χ4v) is 5.70. The van der Waals surface area contributed by atoms with Gasteiger partial charge in [0, 0.05) is 64.0 Å². The normalized spacial score (nSPS) is 20.4. The number of benzene rings is 1. The molecule has 11 nitrogen and oxygen atoms in total. The number of anilines is 3. The maximum atomic E-state index is 12.9. The lowest BCUT2D eigenvalue weighted by Crippen LogP contribution is -2.52. The van der Waals surface area contributed by atoms with Crippen LogP contribution in [0.5, 0.6) is 5.75 Å². The minimum Gasteiger partial charge on any atom is -0.406 e. The van der Waals surface area contributed by atoms with Crippen LogP contribution in [0.2, 0.25) is 0 Å². The third kappa shape index (κ3) is 7.76. The van der Waals surface area contributed by atoms with Crippen molar-refractivity contribution in [1.82, 2.24) is 30.2 Å². The standard InChI is InChI=1S/C25H30F3N9O2S/c1-35-10-11-36(14-17-4-2-5-20(12-17)39-25(26,27)28)19(16-35)13-22(38)31-24-34-33-23(40-24)30-18-7-9-37(15-18)21-6-3-8-29-32-21/h2-6,8,12,18-19H,7,9-11,13-16H2,1H3,(H,30,33)(H,31,34,38)/t18-,19?/m1/s1. The number of alkyl halides is 3. The molecule has 3 aromatic rings. The second kappa shape index (κ2) is 12.3. The van der Waals surface area contributed by atoms with E-state index in [2.05, 4.69) is 50.5 Å². The van der Waals surface area contributed by atoms with Crippen molar-refractivity contribution < 1.29 is 22.7 Å². The number of piperazine rings is 1. The lowest BCUT2D eigenvalue weighted by Gasteiger charge is -2.39. The molecule has 2 aliphatic heterocycles. The van der Waals surface area contributed by atoms with Crippen LogP contribution in [-0.4, -0.2) is 94.3 Å². The molecule has 2 atom stereocenters. The number of rotatable bonds is 9. The van der Waals surface area contributed by atoms with E-state index in [0.29, 0.717) is 35.5 Å². The van der Waals surface area contributed by atoms with E-state index < -0.39 is 6.36 Å². The highest BCUT2D eigenvalue weighted by molar-refractivity contribution is 7.19. The summed E-state index contributed by atoms with van der Waals surface area (Å²) in [5, 5.41) is 23.7. The van der Waals surface area contributed by atoms with Crippen LogP contribution in [0.25, 0.3) is 0 Å². The molecule has 2 aliphatic rings. The topological polar surface area (TPSA) is 112 Å². The Balaban J connectivity index is 1.14. The predicted octanol–water partition coefficient (Wildman–Crippen LogP) is 3.06. The SMILES string of the molecule is CN1CCN(Cc2cccc(OC(F)(F)F)c2)C(CC(=O)Nc2nnc(N[C@@H]3CCN(c4cccnn4)C3)s2)C1. The van der Waals surface area contributed by atoms with E-state index >= 15 is 0 Å². The number of likely N-dealkylation sites (N-methyl/N-ethyl adjacent to an activating group) is 1. The quantitative estimate of drug-likeness (QED) is 0.394. The van der Waals surface area contributed by atoms with Crippen LogP contribution in [-0.2, 0) is 11.3 Å². The minimum atomic E-state index is -4.75.